The number of aromatic nitrogens is 4. The molecule has 2 heterocycles. The molecule has 6 heteroatoms. The molecule has 3 unspecified atom stereocenters. The van der Waals surface area contributed by atoms with Gasteiger partial charge in [0.1, 0.15) is 6.33 Å². The van der Waals surface area contributed by atoms with Crippen LogP contribution in [0.25, 0.3) is 5.69 Å². The zero-order valence-corrected chi connectivity index (χ0v) is 12.8. The number of hydrogen-bond acceptors (Lipinski definition) is 5. The Morgan fingerprint density at radius 2 is 2.05 bits per heavy atom. The van der Waals surface area contributed by atoms with E-state index in [-0.39, 0.29) is 0 Å². The summed E-state index contributed by atoms with van der Waals surface area (Å²) in [6, 6.07) is 9.23. The Kier molecular flexibility index (Phi) is 3.88. The van der Waals surface area contributed by atoms with Crippen LogP contribution in [0.5, 0.6) is 0 Å². The number of hydrogen-bond donors (Lipinski definition) is 1. The monoisotopic (exact) mass is 286 g/mol. The summed E-state index contributed by atoms with van der Waals surface area (Å²) in [6.45, 7) is 5.71. The van der Waals surface area contributed by atoms with Crippen LogP contribution in [0.3, 0.4) is 0 Å². The van der Waals surface area contributed by atoms with E-state index in [4.69, 9.17) is 0 Å². The van der Waals surface area contributed by atoms with Gasteiger partial charge in [0.2, 0.25) is 0 Å². The minimum absolute atomic E-state index is 0.467. The molecule has 1 fully saturated rings. The molecule has 21 heavy (non-hydrogen) atoms. The van der Waals surface area contributed by atoms with Crippen molar-refractivity contribution in [2.45, 2.75) is 32.4 Å². The predicted octanol–water partition coefficient (Wildman–Crippen LogP) is 1.80. The standard InChI is InChI=1S/C15H22N6/c1-11-9-20(3)12(2)8-14(11)17-13-6-4-5-7-15(13)21-10-16-18-19-21/h4-7,10-12,14,17H,8-9H2,1-3H3. The van der Waals surface area contributed by atoms with Crippen LogP contribution >= 0.6 is 0 Å². The second-order valence-corrected chi connectivity index (χ2v) is 6.02. The first-order valence-corrected chi connectivity index (χ1v) is 7.44. The van der Waals surface area contributed by atoms with Crippen LogP contribution in [0.1, 0.15) is 20.3 Å². The Labute approximate surface area is 125 Å². The van der Waals surface area contributed by atoms with E-state index in [9.17, 15) is 0 Å². The van der Waals surface area contributed by atoms with E-state index in [0.717, 1.165) is 24.3 Å². The fourth-order valence-electron chi connectivity index (χ4n) is 3.01. The van der Waals surface area contributed by atoms with Gasteiger partial charge in [-0.3, -0.25) is 0 Å². The minimum atomic E-state index is 0.467. The molecule has 1 N–H and O–H groups in total. The molecule has 112 valence electrons. The molecule has 1 aliphatic rings. The highest BCUT2D eigenvalue weighted by atomic mass is 15.5. The van der Waals surface area contributed by atoms with Crippen molar-refractivity contribution in [3.8, 4) is 5.69 Å². The van der Waals surface area contributed by atoms with Crippen molar-refractivity contribution in [3.05, 3.63) is 30.6 Å². The molecule has 1 aromatic carbocycles. The zero-order chi connectivity index (χ0) is 14.8. The van der Waals surface area contributed by atoms with Crippen LogP contribution in [-0.2, 0) is 0 Å². The average molecular weight is 286 g/mol. The van der Waals surface area contributed by atoms with E-state index in [2.05, 4.69) is 52.7 Å². The van der Waals surface area contributed by atoms with Crippen LogP contribution in [0, 0.1) is 5.92 Å². The van der Waals surface area contributed by atoms with Crippen molar-refractivity contribution in [3.63, 3.8) is 0 Å². The number of anilines is 1. The van der Waals surface area contributed by atoms with Gasteiger partial charge in [-0.1, -0.05) is 19.1 Å². The third kappa shape index (κ3) is 2.90. The third-order valence-corrected chi connectivity index (χ3v) is 4.45. The summed E-state index contributed by atoms with van der Waals surface area (Å²) in [7, 11) is 2.20. The van der Waals surface area contributed by atoms with E-state index in [1.54, 1.807) is 11.0 Å². The Balaban J connectivity index is 1.82. The summed E-state index contributed by atoms with van der Waals surface area (Å²) in [5, 5.41) is 15.1. The molecule has 1 aliphatic heterocycles. The van der Waals surface area contributed by atoms with Gasteiger partial charge in [-0.05, 0) is 48.9 Å². The highest BCUT2D eigenvalue weighted by Crippen LogP contribution is 2.27. The van der Waals surface area contributed by atoms with Crippen molar-refractivity contribution >= 4 is 5.69 Å². The van der Waals surface area contributed by atoms with Gasteiger partial charge in [0, 0.05) is 18.6 Å². The predicted molar refractivity (Wildman–Crippen MR) is 82.4 cm³/mol. The van der Waals surface area contributed by atoms with Crippen molar-refractivity contribution in [1.29, 1.82) is 0 Å². The summed E-state index contributed by atoms with van der Waals surface area (Å²) in [4.78, 5) is 2.43. The van der Waals surface area contributed by atoms with Crippen LogP contribution in [-0.4, -0.2) is 50.8 Å². The first-order chi connectivity index (χ1) is 10.1. The number of likely N-dealkylation sites (tertiary alicyclic amines) is 1. The molecular weight excluding hydrogens is 264 g/mol. The van der Waals surface area contributed by atoms with Gasteiger partial charge < -0.3 is 10.2 Å². The molecule has 0 amide bonds. The molecule has 3 atom stereocenters. The quantitative estimate of drug-likeness (QED) is 0.932. The number of piperidine rings is 1. The molecule has 1 saturated heterocycles. The maximum atomic E-state index is 3.99. The van der Waals surface area contributed by atoms with Gasteiger partial charge in [-0.25, -0.2) is 0 Å². The van der Waals surface area contributed by atoms with Gasteiger partial charge in [0.05, 0.1) is 11.4 Å². The van der Waals surface area contributed by atoms with Crippen molar-refractivity contribution in [2.75, 3.05) is 18.9 Å². The molecule has 3 rings (SSSR count). The van der Waals surface area contributed by atoms with E-state index in [1.165, 1.54) is 0 Å². The van der Waals surface area contributed by atoms with Crippen LogP contribution in [0.4, 0.5) is 5.69 Å². The maximum Gasteiger partial charge on any atom is 0.143 e. The number of benzene rings is 1. The lowest BCUT2D eigenvalue weighted by Gasteiger charge is -2.40. The van der Waals surface area contributed by atoms with Gasteiger partial charge >= 0.3 is 0 Å². The second kappa shape index (κ2) is 5.81. The number of nitrogens with zero attached hydrogens (tertiary/aromatic N) is 5. The summed E-state index contributed by atoms with van der Waals surface area (Å²) in [5.41, 5.74) is 2.07. The molecule has 1 aromatic heterocycles. The SMILES string of the molecule is CC1CN(C)C(C)CC1Nc1ccccc1-n1cnnn1. The lowest BCUT2D eigenvalue weighted by molar-refractivity contribution is 0.145. The molecule has 0 radical (unpaired) electrons. The van der Waals surface area contributed by atoms with Gasteiger partial charge in [-0.2, -0.15) is 4.68 Å². The lowest BCUT2D eigenvalue weighted by Crippen LogP contribution is -2.48. The van der Waals surface area contributed by atoms with Gasteiger partial charge in [0.15, 0.2) is 0 Å². The number of para-hydroxylation sites is 2. The Morgan fingerprint density at radius 3 is 2.81 bits per heavy atom. The third-order valence-electron chi connectivity index (χ3n) is 4.45. The number of tetrazole rings is 1. The van der Waals surface area contributed by atoms with E-state index < -0.39 is 0 Å². The summed E-state index contributed by atoms with van der Waals surface area (Å²) < 4.78 is 1.70. The molecular formula is C15H22N6. The molecule has 0 aliphatic carbocycles. The van der Waals surface area contributed by atoms with Crippen molar-refractivity contribution < 1.29 is 0 Å². The minimum Gasteiger partial charge on any atom is -0.380 e. The second-order valence-electron chi connectivity index (χ2n) is 6.02. The van der Waals surface area contributed by atoms with Gasteiger partial charge in [-0.15, -0.1) is 5.10 Å². The number of nitrogens with one attached hydrogen (secondary N) is 1. The molecule has 6 nitrogen and oxygen atoms in total. The van der Waals surface area contributed by atoms with Crippen LogP contribution in [0.15, 0.2) is 30.6 Å². The first kappa shape index (κ1) is 14.0. The highest BCUT2D eigenvalue weighted by molar-refractivity contribution is 5.61. The van der Waals surface area contributed by atoms with E-state index >= 15 is 0 Å². The first-order valence-electron chi connectivity index (χ1n) is 7.44. The molecule has 0 spiro atoms. The Bertz CT molecular complexity index is 582. The largest absolute Gasteiger partial charge is 0.380 e. The highest BCUT2D eigenvalue weighted by Gasteiger charge is 2.29. The fourth-order valence-corrected chi connectivity index (χ4v) is 3.01. The Hall–Kier alpha value is -1.95. The van der Waals surface area contributed by atoms with Gasteiger partial charge in [0.25, 0.3) is 0 Å². The number of rotatable bonds is 3. The topological polar surface area (TPSA) is 58.9 Å². The maximum absolute atomic E-state index is 3.99. The van der Waals surface area contributed by atoms with Crippen molar-refractivity contribution in [2.24, 2.45) is 5.92 Å². The Morgan fingerprint density at radius 1 is 1.24 bits per heavy atom. The molecule has 2 aromatic rings. The van der Waals surface area contributed by atoms with Crippen LogP contribution in [0.2, 0.25) is 0 Å². The molecule has 0 saturated carbocycles. The van der Waals surface area contributed by atoms with Crippen molar-refractivity contribution in [1.82, 2.24) is 25.1 Å². The lowest BCUT2D eigenvalue weighted by atomic mass is 9.89. The normalized spacial score (nSPS) is 26.7. The van der Waals surface area contributed by atoms with Crippen LogP contribution < -0.4 is 5.32 Å². The van der Waals surface area contributed by atoms with E-state index in [0.29, 0.717) is 18.0 Å². The summed E-state index contributed by atoms with van der Waals surface area (Å²) >= 11 is 0. The zero-order valence-electron chi connectivity index (χ0n) is 12.8. The summed E-state index contributed by atoms with van der Waals surface area (Å²) in [6.07, 6.45) is 2.77. The average Bonchev–Trinajstić information content (AvgIpc) is 2.99. The fraction of sp³-hybridized carbons (Fsp3) is 0.533. The smallest absolute Gasteiger partial charge is 0.143 e. The van der Waals surface area contributed by atoms with E-state index in [1.807, 2.05) is 18.2 Å². The molecule has 0 bridgehead atoms. The summed E-state index contributed by atoms with van der Waals surface area (Å²) in [5.74, 6) is 0.605.